The molecule has 200 valence electrons. The number of fused-ring (bicyclic) bond motifs is 7. The fraction of sp³-hybridized carbons (Fsp3) is 0.0732. The highest BCUT2D eigenvalue weighted by molar-refractivity contribution is 6.21. The summed E-state index contributed by atoms with van der Waals surface area (Å²) in [5.74, 6) is 0. The van der Waals surface area contributed by atoms with Gasteiger partial charge in [0.25, 0.3) is 0 Å². The molecule has 0 aliphatic rings. The average molecular weight is 538 g/mol. The Morgan fingerprint density at radius 1 is 0.381 bits per heavy atom. The first-order chi connectivity index (χ1) is 20.8. The molecule has 0 unspecified atom stereocenters. The van der Waals surface area contributed by atoms with Crippen molar-refractivity contribution in [2.24, 2.45) is 0 Å². The van der Waals surface area contributed by atoms with E-state index < -0.39 is 0 Å². The predicted molar refractivity (Wildman–Crippen MR) is 182 cm³/mol. The third-order valence-corrected chi connectivity index (χ3v) is 8.72. The minimum Gasteiger partial charge on any atom is -0.355 e. The molecular formula is C41H31N. The van der Waals surface area contributed by atoms with Gasteiger partial charge in [-0.25, -0.2) is 0 Å². The molecule has 8 aromatic carbocycles. The van der Waals surface area contributed by atoms with Crippen LogP contribution in [0.1, 0.15) is 17.5 Å². The molecule has 0 aliphatic carbocycles. The van der Waals surface area contributed by atoms with Crippen molar-refractivity contribution in [1.82, 2.24) is 0 Å². The molecule has 42 heavy (non-hydrogen) atoms. The summed E-state index contributed by atoms with van der Waals surface area (Å²) in [5, 5.41) is 16.7. The Balaban J connectivity index is 1.19. The van der Waals surface area contributed by atoms with E-state index in [9.17, 15) is 0 Å². The van der Waals surface area contributed by atoms with Crippen molar-refractivity contribution in [3.63, 3.8) is 0 Å². The molecule has 0 radical (unpaired) electrons. The fourth-order valence-corrected chi connectivity index (χ4v) is 6.64. The minimum absolute atomic E-state index is 1.05. The number of rotatable bonds is 6. The third-order valence-electron chi connectivity index (χ3n) is 8.72. The Kier molecular flexibility index (Phi) is 6.08. The van der Waals surface area contributed by atoms with Crippen LogP contribution in [0.2, 0.25) is 0 Å². The fourth-order valence-electron chi connectivity index (χ4n) is 6.64. The Morgan fingerprint density at radius 2 is 0.952 bits per heavy atom. The van der Waals surface area contributed by atoms with E-state index in [0.717, 1.165) is 30.6 Å². The molecule has 8 aromatic rings. The van der Waals surface area contributed by atoms with Crippen molar-refractivity contribution in [1.29, 1.82) is 0 Å². The van der Waals surface area contributed by atoms with Gasteiger partial charge in [0.2, 0.25) is 0 Å². The van der Waals surface area contributed by atoms with E-state index in [1.807, 2.05) is 0 Å². The Labute approximate surface area is 246 Å². The molecule has 0 saturated heterocycles. The lowest BCUT2D eigenvalue weighted by Crippen LogP contribution is -1.96. The minimum atomic E-state index is 1.05. The summed E-state index contributed by atoms with van der Waals surface area (Å²) in [6.07, 6.45) is 3.24. The van der Waals surface area contributed by atoms with Crippen LogP contribution in [0.15, 0.2) is 146 Å². The second-order valence-electron chi connectivity index (χ2n) is 11.4. The molecule has 1 N–H and O–H groups in total. The van der Waals surface area contributed by atoms with E-state index in [1.54, 1.807) is 0 Å². The topological polar surface area (TPSA) is 12.0 Å². The zero-order valence-electron chi connectivity index (χ0n) is 23.5. The van der Waals surface area contributed by atoms with Gasteiger partial charge in [-0.2, -0.15) is 0 Å². The van der Waals surface area contributed by atoms with Crippen LogP contribution in [0.3, 0.4) is 0 Å². The molecule has 0 saturated carbocycles. The van der Waals surface area contributed by atoms with Crippen LogP contribution < -0.4 is 5.32 Å². The van der Waals surface area contributed by atoms with Gasteiger partial charge in [0.1, 0.15) is 0 Å². The number of benzene rings is 8. The summed E-state index contributed by atoms with van der Waals surface area (Å²) in [6.45, 7) is 0. The van der Waals surface area contributed by atoms with Crippen molar-refractivity contribution < 1.29 is 0 Å². The highest BCUT2D eigenvalue weighted by Crippen LogP contribution is 2.39. The molecule has 0 fully saturated rings. The molecule has 0 spiro atoms. The van der Waals surface area contributed by atoms with Crippen LogP contribution in [-0.4, -0.2) is 0 Å². The van der Waals surface area contributed by atoms with Crippen molar-refractivity contribution in [3.8, 4) is 0 Å². The SMILES string of the molecule is c1ccc2cc(CCCc3cc4c5ccccc5c(Nc5ccc6ccccc6c5)cc4c4ccccc34)ccc2c1. The van der Waals surface area contributed by atoms with Gasteiger partial charge in [-0.1, -0.05) is 121 Å². The van der Waals surface area contributed by atoms with E-state index in [2.05, 4.69) is 151 Å². The molecule has 0 amide bonds. The molecule has 0 aliphatic heterocycles. The van der Waals surface area contributed by atoms with E-state index in [4.69, 9.17) is 0 Å². The van der Waals surface area contributed by atoms with Crippen molar-refractivity contribution >= 4 is 65.2 Å². The van der Waals surface area contributed by atoms with E-state index in [1.165, 1.54) is 65.0 Å². The monoisotopic (exact) mass is 537 g/mol. The molecule has 0 bridgehead atoms. The lowest BCUT2D eigenvalue weighted by Gasteiger charge is -2.17. The maximum Gasteiger partial charge on any atom is 0.0470 e. The van der Waals surface area contributed by atoms with Gasteiger partial charge in [-0.05, 0) is 103 Å². The first-order valence-electron chi connectivity index (χ1n) is 14.9. The lowest BCUT2D eigenvalue weighted by atomic mass is 9.90. The molecule has 1 nitrogen and oxygen atoms in total. The first-order valence-corrected chi connectivity index (χ1v) is 14.9. The maximum absolute atomic E-state index is 3.78. The second kappa shape index (κ2) is 10.4. The standard InChI is InChI=1S/C41H31N/c1-3-13-31-24-28(20-21-29(31)11-1)10-9-15-33-26-39-37-18-7-8-19-38(37)41(27-40(39)36-17-6-5-16-35(33)36)42-34-23-22-30-12-2-4-14-32(30)25-34/h1-8,11-14,16-27,42H,9-10,15H2. The van der Waals surface area contributed by atoms with Gasteiger partial charge in [0, 0.05) is 16.8 Å². The molecular weight excluding hydrogens is 506 g/mol. The average Bonchev–Trinajstić information content (AvgIpc) is 3.05. The zero-order valence-corrected chi connectivity index (χ0v) is 23.5. The van der Waals surface area contributed by atoms with Crippen molar-refractivity contribution in [2.75, 3.05) is 5.32 Å². The summed E-state index contributed by atoms with van der Waals surface area (Å²) in [6, 6.07) is 53.3. The number of aryl methyl sites for hydroxylation is 2. The zero-order chi connectivity index (χ0) is 27.9. The maximum atomic E-state index is 3.78. The van der Waals surface area contributed by atoms with E-state index >= 15 is 0 Å². The molecule has 8 rings (SSSR count). The molecule has 1 heteroatoms. The van der Waals surface area contributed by atoms with Crippen LogP contribution in [0.5, 0.6) is 0 Å². The Bertz CT molecular complexity index is 2260. The summed E-state index contributed by atoms with van der Waals surface area (Å²) >= 11 is 0. The van der Waals surface area contributed by atoms with Gasteiger partial charge in [0.05, 0.1) is 0 Å². The number of hydrogen-bond acceptors (Lipinski definition) is 1. The van der Waals surface area contributed by atoms with E-state index in [-0.39, 0.29) is 0 Å². The number of hydrogen-bond donors (Lipinski definition) is 1. The van der Waals surface area contributed by atoms with Gasteiger partial charge in [-0.3, -0.25) is 0 Å². The van der Waals surface area contributed by atoms with Crippen LogP contribution >= 0.6 is 0 Å². The third kappa shape index (κ3) is 4.44. The predicted octanol–water partition coefficient (Wildman–Crippen LogP) is 11.4. The van der Waals surface area contributed by atoms with Gasteiger partial charge in [-0.15, -0.1) is 0 Å². The quantitative estimate of drug-likeness (QED) is 0.208. The van der Waals surface area contributed by atoms with Gasteiger partial charge in [0.15, 0.2) is 0 Å². The summed E-state index contributed by atoms with van der Waals surface area (Å²) < 4.78 is 0. The summed E-state index contributed by atoms with van der Waals surface area (Å²) in [4.78, 5) is 0. The van der Waals surface area contributed by atoms with Crippen molar-refractivity contribution in [3.05, 3.63) is 157 Å². The highest BCUT2D eigenvalue weighted by Gasteiger charge is 2.13. The Hall–Kier alpha value is -5.14. The summed E-state index contributed by atoms with van der Waals surface area (Å²) in [7, 11) is 0. The van der Waals surface area contributed by atoms with E-state index in [0.29, 0.717) is 0 Å². The smallest absolute Gasteiger partial charge is 0.0470 e. The number of nitrogens with one attached hydrogen (secondary N) is 1. The lowest BCUT2D eigenvalue weighted by molar-refractivity contribution is 0.827. The number of anilines is 2. The Morgan fingerprint density at radius 3 is 1.71 bits per heavy atom. The van der Waals surface area contributed by atoms with Crippen LogP contribution in [0, 0.1) is 0 Å². The van der Waals surface area contributed by atoms with Crippen LogP contribution in [0.4, 0.5) is 11.4 Å². The first kappa shape index (κ1) is 24.6. The molecule has 0 aromatic heterocycles. The van der Waals surface area contributed by atoms with Crippen LogP contribution in [0.25, 0.3) is 53.9 Å². The molecule has 0 atom stereocenters. The normalized spacial score (nSPS) is 11.6. The molecule has 0 heterocycles. The highest BCUT2D eigenvalue weighted by atomic mass is 14.9. The summed E-state index contributed by atoms with van der Waals surface area (Å²) in [5.41, 5.74) is 5.09. The van der Waals surface area contributed by atoms with Gasteiger partial charge < -0.3 is 5.32 Å². The van der Waals surface area contributed by atoms with Crippen LogP contribution in [-0.2, 0) is 12.8 Å². The largest absolute Gasteiger partial charge is 0.355 e. The van der Waals surface area contributed by atoms with Gasteiger partial charge >= 0.3 is 0 Å². The van der Waals surface area contributed by atoms with Crippen molar-refractivity contribution in [2.45, 2.75) is 19.3 Å². The second-order valence-corrected chi connectivity index (χ2v) is 11.4.